The van der Waals surface area contributed by atoms with Gasteiger partial charge in [-0.1, -0.05) is 72.8 Å². The van der Waals surface area contributed by atoms with Gasteiger partial charge in [0.2, 0.25) is 0 Å². The Bertz CT molecular complexity index is 944. The maximum Gasteiger partial charge on any atom is 0.339 e. The third kappa shape index (κ3) is 2.40. The molecule has 5 heteroatoms. The van der Waals surface area contributed by atoms with Crippen LogP contribution in [0.4, 0.5) is 0 Å². The molecule has 1 aliphatic rings. The molecule has 0 fully saturated rings. The molecule has 0 spiro atoms. The van der Waals surface area contributed by atoms with Crippen LogP contribution < -0.4 is 0 Å². The summed E-state index contributed by atoms with van der Waals surface area (Å²) in [6, 6.07) is 24.4. The minimum atomic E-state index is -1.80. The van der Waals surface area contributed by atoms with Gasteiger partial charge >= 0.3 is 5.97 Å². The lowest BCUT2D eigenvalue weighted by molar-refractivity contribution is 0.0596. The lowest BCUT2D eigenvalue weighted by Crippen LogP contribution is -2.28. The van der Waals surface area contributed by atoms with Crippen LogP contribution in [0.5, 0.6) is 0 Å². The first-order valence-electron chi connectivity index (χ1n) is 8.12. The van der Waals surface area contributed by atoms with Crippen molar-refractivity contribution < 1.29 is 17.9 Å². The first-order valence-corrected chi connectivity index (χ1v) is 9.20. The fraction of sp³-hybridized carbons (Fsp3) is 0.0952. The highest BCUT2D eigenvalue weighted by Gasteiger charge is 2.49. The third-order valence-corrected chi connectivity index (χ3v) is 5.70. The topological polar surface area (TPSA) is 52.6 Å². The minimum absolute atomic E-state index is 0.261. The number of benzene rings is 3. The minimum Gasteiger partial charge on any atom is -0.465 e. The first-order chi connectivity index (χ1) is 12.7. The van der Waals surface area contributed by atoms with Crippen molar-refractivity contribution in [2.75, 3.05) is 7.11 Å². The van der Waals surface area contributed by atoms with Gasteiger partial charge in [0.05, 0.1) is 17.6 Å². The van der Waals surface area contributed by atoms with Gasteiger partial charge in [0.15, 0.2) is 16.7 Å². The number of esters is 1. The molecule has 0 saturated heterocycles. The average molecular weight is 364 g/mol. The lowest BCUT2D eigenvalue weighted by Gasteiger charge is -2.29. The monoisotopic (exact) mass is 364 g/mol. The number of carbonyl (C=O) groups is 1. The van der Waals surface area contributed by atoms with Gasteiger partial charge in [-0.25, -0.2) is 9.00 Å². The first kappa shape index (κ1) is 16.7. The van der Waals surface area contributed by atoms with Gasteiger partial charge in [0, 0.05) is 5.56 Å². The highest BCUT2D eigenvalue weighted by Crippen LogP contribution is 2.49. The average Bonchev–Trinajstić information content (AvgIpc) is 3.02. The molecular weight excluding hydrogens is 348 g/mol. The zero-order valence-electron chi connectivity index (χ0n) is 14.0. The smallest absolute Gasteiger partial charge is 0.339 e. The second-order valence-corrected chi connectivity index (χ2v) is 6.95. The number of hydrogen-bond donors (Lipinski definition) is 0. The lowest BCUT2D eigenvalue weighted by atomic mass is 9.80. The Balaban J connectivity index is 2.06. The van der Waals surface area contributed by atoms with Crippen LogP contribution in [-0.2, 0) is 25.6 Å². The second kappa shape index (κ2) is 6.52. The summed E-state index contributed by atoms with van der Waals surface area (Å²) in [5.74, 6) is -0.532. The molecule has 0 radical (unpaired) electrons. The summed E-state index contributed by atoms with van der Waals surface area (Å²) in [4.78, 5) is 12.6. The molecule has 4 nitrogen and oxygen atoms in total. The molecular formula is C21H16O4S. The van der Waals surface area contributed by atoms with Crippen LogP contribution in [0.15, 0.2) is 83.8 Å². The predicted molar refractivity (Wildman–Crippen MR) is 98.0 cm³/mol. The van der Waals surface area contributed by atoms with Crippen molar-refractivity contribution in [1.82, 2.24) is 0 Å². The summed E-state index contributed by atoms with van der Waals surface area (Å²) in [7, 11) is 1.31. The van der Waals surface area contributed by atoms with Gasteiger partial charge in [-0.05, 0) is 17.2 Å². The number of hydrogen-bond acceptors (Lipinski definition) is 4. The molecule has 0 aliphatic carbocycles. The van der Waals surface area contributed by atoms with Crippen molar-refractivity contribution in [3.63, 3.8) is 0 Å². The van der Waals surface area contributed by atoms with Crippen molar-refractivity contribution in [2.24, 2.45) is 0 Å². The standard InChI is InChI=1S/C21H16O4S/c1-24-20(22)17-13-8-14-18-19(17)26(23)25-21(18,15-9-4-2-5-10-15)16-11-6-3-7-12-16/h2-14H,1H3. The molecule has 1 aliphatic heterocycles. The molecule has 1 unspecified atom stereocenters. The number of methoxy groups -OCH3 is 1. The van der Waals surface area contributed by atoms with E-state index in [1.807, 2.05) is 66.7 Å². The van der Waals surface area contributed by atoms with Crippen LogP contribution in [0.2, 0.25) is 0 Å². The second-order valence-electron chi connectivity index (χ2n) is 5.91. The van der Waals surface area contributed by atoms with Gasteiger partial charge in [-0.15, -0.1) is 0 Å². The molecule has 0 aromatic heterocycles. The van der Waals surface area contributed by atoms with E-state index in [-0.39, 0.29) is 5.56 Å². The molecule has 1 heterocycles. The van der Waals surface area contributed by atoms with Crippen molar-refractivity contribution in [2.45, 2.75) is 10.5 Å². The zero-order valence-corrected chi connectivity index (χ0v) is 14.9. The Kier molecular flexibility index (Phi) is 4.18. The molecule has 1 atom stereocenters. The van der Waals surface area contributed by atoms with E-state index in [0.717, 1.165) is 11.1 Å². The fourth-order valence-electron chi connectivity index (χ4n) is 3.38. The molecule has 26 heavy (non-hydrogen) atoms. The van der Waals surface area contributed by atoms with E-state index in [2.05, 4.69) is 0 Å². The summed E-state index contributed by atoms with van der Waals surface area (Å²) >= 11 is -1.80. The van der Waals surface area contributed by atoms with E-state index in [0.29, 0.717) is 10.5 Å². The van der Waals surface area contributed by atoms with Crippen LogP contribution in [0.25, 0.3) is 0 Å². The fourth-order valence-corrected chi connectivity index (χ4v) is 4.70. The highest BCUT2D eigenvalue weighted by atomic mass is 32.2. The van der Waals surface area contributed by atoms with E-state index in [1.54, 1.807) is 12.1 Å². The number of fused-ring (bicyclic) bond motifs is 1. The Hall–Kier alpha value is -2.76. The van der Waals surface area contributed by atoms with Crippen LogP contribution >= 0.6 is 0 Å². The molecule has 130 valence electrons. The molecule has 0 bridgehead atoms. The third-order valence-electron chi connectivity index (χ3n) is 4.53. The normalized spacial score (nSPS) is 17.5. The summed E-state index contributed by atoms with van der Waals surface area (Å²) in [6.45, 7) is 0. The van der Waals surface area contributed by atoms with Gasteiger partial charge in [0.25, 0.3) is 0 Å². The highest BCUT2D eigenvalue weighted by molar-refractivity contribution is 7.80. The number of ether oxygens (including phenoxy) is 1. The van der Waals surface area contributed by atoms with Crippen LogP contribution in [-0.4, -0.2) is 17.3 Å². The maximum atomic E-state index is 13.0. The van der Waals surface area contributed by atoms with Crippen LogP contribution in [0.3, 0.4) is 0 Å². The van der Waals surface area contributed by atoms with Crippen molar-refractivity contribution in [3.8, 4) is 0 Å². The summed E-state index contributed by atoms with van der Waals surface area (Å²) in [5.41, 5.74) is 1.60. The SMILES string of the molecule is COC(=O)c1cccc2c1S(=O)OC2(c1ccccc1)c1ccccc1. The maximum absolute atomic E-state index is 13.0. The van der Waals surface area contributed by atoms with Crippen molar-refractivity contribution >= 4 is 17.0 Å². The molecule has 0 N–H and O–H groups in total. The molecule has 3 aromatic carbocycles. The number of carbonyl (C=O) groups excluding carboxylic acids is 1. The molecule has 4 rings (SSSR count). The molecule has 0 saturated carbocycles. The Morgan fingerprint density at radius 2 is 1.46 bits per heavy atom. The quantitative estimate of drug-likeness (QED) is 0.663. The van der Waals surface area contributed by atoms with E-state index in [4.69, 9.17) is 8.92 Å². The Morgan fingerprint density at radius 1 is 0.885 bits per heavy atom. The van der Waals surface area contributed by atoms with Crippen LogP contribution in [0, 0.1) is 0 Å². The van der Waals surface area contributed by atoms with E-state index < -0.39 is 22.7 Å². The molecule has 0 amide bonds. The molecule has 3 aromatic rings. The van der Waals surface area contributed by atoms with Gasteiger partial charge in [-0.2, -0.15) is 0 Å². The summed E-state index contributed by atoms with van der Waals surface area (Å²) < 4.78 is 23.9. The zero-order chi connectivity index (χ0) is 18.1. The Labute approximate surface area is 154 Å². The van der Waals surface area contributed by atoms with Gasteiger partial charge in [0.1, 0.15) is 0 Å². The van der Waals surface area contributed by atoms with E-state index in [1.165, 1.54) is 7.11 Å². The largest absolute Gasteiger partial charge is 0.465 e. The van der Waals surface area contributed by atoms with Crippen molar-refractivity contribution in [3.05, 3.63) is 101 Å². The Morgan fingerprint density at radius 3 is 2.00 bits per heavy atom. The summed E-state index contributed by atoms with van der Waals surface area (Å²) in [5, 5.41) is 0. The van der Waals surface area contributed by atoms with Gasteiger partial charge in [-0.3, -0.25) is 4.18 Å². The van der Waals surface area contributed by atoms with E-state index >= 15 is 0 Å². The summed E-state index contributed by atoms with van der Waals surface area (Å²) in [6.07, 6.45) is 0. The van der Waals surface area contributed by atoms with Crippen molar-refractivity contribution in [1.29, 1.82) is 0 Å². The van der Waals surface area contributed by atoms with Crippen LogP contribution in [0.1, 0.15) is 27.0 Å². The van der Waals surface area contributed by atoms with Gasteiger partial charge < -0.3 is 4.74 Å². The number of rotatable bonds is 3. The van der Waals surface area contributed by atoms with E-state index in [9.17, 15) is 9.00 Å². The predicted octanol–water partition coefficient (Wildman–Crippen LogP) is 3.82.